The molecule has 0 bridgehead atoms. The summed E-state index contributed by atoms with van der Waals surface area (Å²) in [6.07, 6.45) is 4.47. The molecule has 0 unspecified atom stereocenters. The van der Waals surface area contributed by atoms with E-state index in [0.717, 1.165) is 56.2 Å². The lowest BCUT2D eigenvalue weighted by molar-refractivity contribution is 0.240. The molecule has 2 aromatic heterocycles. The highest BCUT2D eigenvalue weighted by molar-refractivity contribution is 7.59. The summed E-state index contributed by atoms with van der Waals surface area (Å²) in [7, 11) is 1.68. The van der Waals surface area contributed by atoms with Crippen LogP contribution < -0.4 is 9.47 Å². The summed E-state index contributed by atoms with van der Waals surface area (Å²) in [5.74, 6) is 2.22. The van der Waals surface area contributed by atoms with Gasteiger partial charge in [-0.2, -0.15) is 13.5 Å². The Morgan fingerprint density at radius 3 is 2.90 bits per heavy atom. The van der Waals surface area contributed by atoms with Gasteiger partial charge in [-0.15, -0.1) is 0 Å². The second-order valence-electron chi connectivity index (χ2n) is 7.84. The van der Waals surface area contributed by atoms with Crippen molar-refractivity contribution in [1.29, 1.82) is 0 Å². The van der Waals surface area contributed by atoms with Crippen molar-refractivity contribution in [2.75, 3.05) is 26.8 Å². The number of methoxy groups -OCH3 is 1. The number of aryl methyl sites for hydroxylation is 2. The Kier molecular flexibility index (Phi) is 8.34. The standard InChI is InChI=1S/C22H29N3O2.CH4.H2S/c1-15-11-18(13-21(23-15)26-3)12-17-8-9-25(14-17)16(2)20-7-6-19-5-4-10-27-22(19)24-20;;/h6-7,11,13,16-17H,4-5,8-10,12,14H2,1-3H3;1H4;1H2/t16-,17+;;/m0../s1. The number of pyridine rings is 2. The van der Waals surface area contributed by atoms with E-state index >= 15 is 0 Å². The number of hydrogen-bond acceptors (Lipinski definition) is 5. The van der Waals surface area contributed by atoms with Gasteiger partial charge in [0.1, 0.15) is 0 Å². The Balaban J connectivity index is 0.00000150. The van der Waals surface area contributed by atoms with Crippen molar-refractivity contribution >= 4 is 13.5 Å². The predicted octanol–water partition coefficient (Wildman–Crippen LogP) is 4.49. The second kappa shape index (κ2) is 10.3. The zero-order valence-corrected chi connectivity index (χ0v) is 18.1. The first-order valence-electron chi connectivity index (χ1n) is 10.0. The van der Waals surface area contributed by atoms with Crippen molar-refractivity contribution in [1.82, 2.24) is 14.9 Å². The zero-order chi connectivity index (χ0) is 18.8. The fourth-order valence-corrected chi connectivity index (χ4v) is 4.29. The quantitative estimate of drug-likeness (QED) is 0.717. The third-order valence-electron chi connectivity index (χ3n) is 5.81. The molecule has 0 amide bonds. The van der Waals surface area contributed by atoms with Crippen LogP contribution in [0.15, 0.2) is 24.3 Å². The molecule has 1 fully saturated rings. The maximum Gasteiger partial charge on any atom is 0.216 e. The third-order valence-corrected chi connectivity index (χ3v) is 5.81. The first-order chi connectivity index (χ1) is 13.1. The topological polar surface area (TPSA) is 47.5 Å². The lowest BCUT2D eigenvalue weighted by atomic mass is 9.99. The normalized spacial score (nSPS) is 19.3. The summed E-state index contributed by atoms with van der Waals surface area (Å²) in [6.45, 7) is 7.30. The molecule has 0 N–H and O–H groups in total. The molecular formula is C23H35N3O2S. The zero-order valence-electron chi connectivity index (χ0n) is 17.1. The van der Waals surface area contributed by atoms with Gasteiger partial charge in [0.25, 0.3) is 0 Å². The van der Waals surface area contributed by atoms with Crippen LogP contribution in [-0.2, 0) is 12.8 Å². The number of likely N-dealkylation sites (tertiary alicyclic amines) is 1. The maximum atomic E-state index is 5.76. The average Bonchev–Trinajstić information content (AvgIpc) is 3.15. The van der Waals surface area contributed by atoms with Gasteiger partial charge in [0.2, 0.25) is 11.8 Å². The summed E-state index contributed by atoms with van der Waals surface area (Å²) in [5.41, 5.74) is 4.71. The van der Waals surface area contributed by atoms with Gasteiger partial charge in [0.15, 0.2) is 0 Å². The molecule has 0 aliphatic carbocycles. The Labute approximate surface area is 182 Å². The lowest BCUT2D eigenvalue weighted by Crippen LogP contribution is -2.26. The van der Waals surface area contributed by atoms with Crippen molar-refractivity contribution in [2.24, 2.45) is 5.92 Å². The number of ether oxygens (including phenoxy) is 2. The molecule has 2 atom stereocenters. The highest BCUT2D eigenvalue weighted by Crippen LogP contribution is 2.31. The van der Waals surface area contributed by atoms with Crippen LogP contribution in [-0.4, -0.2) is 41.7 Å². The SMILES string of the molecule is C.COc1cc(C[C@H]2CCN([C@@H](C)c3ccc4c(n3)OCCC4)C2)cc(C)n1.S. The molecule has 4 rings (SSSR count). The summed E-state index contributed by atoms with van der Waals surface area (Å²) >= 11 is 0. The van der Waals surface area contributed by atoms with Gasteiger partial charge in [-0.25, -0.2) is 9.97 Å². The highest BCUT2D eigenvalue weighted by atomic mass is 32.1. The summed E-state index contributed by atoms with van der Waals surface area (Å²) in [6, 6.07) is 8.95. The van der Waals surface area contributed by atoms with Gasteiger partial charge in [-0.3, -0.25) is 4.90 Å². The summed E-state index contributed by atoms with van der Waals surface area (Å²) in [4.78, 5) is 11.8. The average molecular weight is 418 g/mol. The van der Waals surface area contributed by atoms with E-state index in [-0.39, 0.29) is 20.9 Å². The van der Waals surface area contributed by atoms with E-state index in [1.165, 1.54) is 17.5 Å². The molecule has 2 aliphatic heterocycles. The molecule has 0 aromatic carbocycles. The summed E-state index contributed by atoms with van der Waals surface area (Å²) < 4.78 is 11.1. The van der Waals surface area contributed by atoms with E-state index in [4.69, 9.17) is 14.5 Å². The van der Waals surface area contributed by atoms with Gasteiger partial charge in [-0.1, -0.05) is 13.5 Å². The van der Waals surface area contributed by atoms with Crippen LogP contribution in [0.3, 0.4) is 0 Å². The molecule has 2 aliphatic rings. The number of aromatic nitrogens is 2. The second-order valence-corrected chi connectivity index (χ2v) is 7.84. The van der Waals surface area contributed by atoms with Crippen LogP contribution in [0, 0.1) is 12.8 Å². The van der Waals surface area contributed by atoms with E-state index < -0.39 is 0 Å². The molecule has 4 heterocycles. The Morgan fingerprint density at radius 1 is 1.28 bits per heavy atom. The van der Waals surface area contributed by atoms with Crippen molar-refractivity contribution < 1.29 is 9.47 Å². The van der Waals surface area contributed by atoms with Crippen molar-refractivity contribution in [3.63, 3.8) is 0 Å². The molecule has 0 saturated carbocycles. The van der Waals surface area contributed by atoms with E-state index in [1.54, 1.807) is 7.11 Å². The van der Waals surface area contributed by atoms with Crippen molar-refractivity contribution in [3.8, 4) is 11.8 Å². The molecular weight excluding hydrogens is 382 g/mol. The van der Waals surface area contributed by atoms with Crippen molar-refractivity contribution in [2.45, 2.75) is 53.0 Å². The molecule has 160 valence electrons. The largest absolute Gasteiger partial charge is 0.481 e. The minimum atomic E-state index is 0. The van der Waals surface area contributed by atoms with E-state index in [2.05, 4.69) is 41.1 Å². The fourth-order valence-electron chi connectivity index (χ4n) is 4.29. The van der Waals surface area contributed by atoms with Gasteiger partial charge >= 0.3 is 0 Å². The molecule has 29 heavy (non-hydrogen) atoms. The van der Waals surface area contributed by atoms with Gasteiger partial charge in [0.05, 0.1) is 19.4 Å². The predicted molar refractivity (Wildman–Crippen MR) is 122 cm³/mol. The van der Waals surface area contributed by atoms with Crippen LogP contribution >= 0.6 is 13.5 Å². The Bertz CT molecular complexity index is 815. The van der Waals surface area contributed by atoms with Crippen LogP contribution in [0.5, 0.6) is 11.8 Å². The van der Waals surface area contributed by atoms with Gasteiger partial charge in [0, 0.05) is 29.9 Å². The van der Waals surface area contributed by atoms with Crippen LogP contribution in [0.2, 0.25) is 0 Å². The van der Waals surface area contributed by atoms with Gasteiger partial charge < -0.3 is 9.47 Å². The molecule has 0 spiro atoms. The lowest BCUT2D eigenvalue weighted by Gasteiger charge is -2.25. The molecule has 5 nitrogen and oxygen atoms in total. The van der Waals surface area contributed by atoms with Crippen LogP contribution in [0.25, 0.3) is 0 Å². The Morgan fingerprint density at radius 2 is 2.10 bits per heavy atom. The molecule has 2 aromatic rings. The fraction of sp³-hybridized carbons (Fsp3) is 0.565. The smallest absolute Gasteiger partial charge is 0.216 e. The number of rotatable bonds is 5. The number of hydrogen-bond donors (Lipinski definition) is 0. The monoisotopic (exact) mass is 417 g/mol. The number of fused-ring (bicyclic) bond motifs is 1. The van der Waals surface area contributed by atoms with E-state index in [0.29, 0.717) is 17.8 Å². The van der Waals surface area contributed by atoms with Crippen molar-refractivity contribution in [3.05, 3.63) is 46.8 Å². The first kappa shape index (κ1) is 23.5. The first-order valence-corrected chi connectivity index (χ1v) is 10.0. The summed E-state index contributed by atoms with van der Waals surface area (Å²) in [5, 5.41) is 0. The molecule has 6 heteroatoms. The molecule has 1 saturated heterocycles. The highest BCUT2D eigenvalue weighted by Gasteiger charge is 2.28. The van der Waals surface area contributed by atoms with Crippen LogP contribution in [0.1, 0.15) is 55.7 Å². The van der Waals surface area contributed by atoms with E-state index in [1.807, 2.05) is 6.92 Å². The maximum absolute atomic E-state index is 5.76. The third kappa shape index (κ3) is 5.43. The van der Waals surface area contributed by atoms with E-state index in [9.17, 15) is 0 Å². The minimum absolute atomic E-state index is 0. The minimum Gasteiger partial charge on any atom is -0.481 e. The van der Waals surface area contributed by atoms with Crippen LogP contribution in [0.4, 0.5) is 0 Å². The Hall–Kier alpha value is -1.79. The molecule has 0 radical (unpaired) electrons. The number of nitrogens with zero attached hydrogens (tertiary/aromatic N) is 3. The van der Waals surface area contributed by atoms with Gasteiger partial charge in [-0.05, 0) is 69.7 Å².